The van der Waals surface area contributed by atoms with Gasteiger partial charge in [-0.3, -0.25) is 4.79 Å². The van der Waals surface area contributed by atoms with E-state index in [9.17, 15) is 4.79 Å². The Hall–Kier alpha value is -0.830. The zero-order chi connectivity index (χ0) is 12.0. The molecule has 88 valence electrons. The number of benzene rings is 1. The van der Waals surface area contributed by atoms with Crippen molar-refractivity contribution in [1.29, 1.82) is 0 Å². The molecule has 0 bridgehead atoms. The number of rotatable bonds is 5. The van der Waals surface area contributed by atoms with Crippen molar-refractivity contribution in [3.05, 3.63) is 35.4 Å². The number of amides is 1. The standard InChI is InChI=1S/C13H18BrNO/c1-3-15(9-8-14)13(16)10-12-6-4-11(2)5-7-12/h4-7H,3,8-10H2,1-2H3. The summed E-state index contributed by atoms with van der Waals surface area (Å²) in [4.78, 5) is 13.8. The molecule has 0 aliphatic heterocycles. The van der Waals surface area contributed by atoms with Gasteiger partial charge in [0.15, 0.2) is 0 Å². The van der Waals surface area contributed by atoms with E-state index in [0.29, 0.717) is 6.42 Å². The van der Waals surface area contributed by atoms with Crippen LogP contribution in [0.1, 0.15) is 18.1 Å². The van der Waals surface area contributed by atoms with E-state index in [2.05, 4.69) is 22.9 Å². The second kappa shape index (κ2) is 6.69. The Morgan fingerprint density at radius 1 is 1.31 bits per heavy atom. The highest BCUT2D eigenvalue weighted by Gasteiger charge is 2.10. The molecule has 3 heteroatoms. The first-order chi connectivity index (χ1) is 7.67. The van der Waals surface area contributed by atoms with E-state index < -0.39 is 0 Å². The second-order valence-electron chi connectivity index (χ2n) is 3.82. The first kappa shape index (κ1) is 13.2. The SMILES string of the molecule is CCN(CCBr)C(=O)Cc1ccc(C)cc1. The van der Waals surface area contributed by atoms with E-state index in [0.717, 1.165) is 24.0 Å². The summed E-state index contributed by atoms with van der Waals surface area (Å²) in [5, 5.41) is 0.834. The van der Waals surface area contributed by atoms with Gasteiger partial charge in [-0.2, -0.15) is 0 Å². The quantitative estimate of drug-likeness (QED) is 0.761. The van der Waals surface area contributed by atoms with Crippen LogP contribution in [0.15, 0.2) is 24.3 Å². The van der Waals surface area contributed by atoms with Crippen molar-refractivity contribution in [2.24, 2.45) is 0 Å². The van der Waals surface area contributed by atoms with Gasteiger partial charge in [0.1, 0.15) is 0 Å². The van der Waals surface area contributed by atoms with Crippen LogP contribution in [-0.4, -0.2) is 29.2 Å². The lowest BCUT2D eigenvalue weighted by atomic mass is 10.1. The molecule has 0 N–H and O–H groups in total. The van der Waals surface area contributed by atoms with E-state index >= 15 is 0 Å². The fourth-order valence-corrected chi connectivity index (χ4v) is 1.98. The minimum absolute atomic E-state index is 0.200. The summed E-state index contributed by atoms with van der Waals surface area (Å²) in [5.41, 5.74) is 2.31. The summed E-state index contributed by atoms with van der Waals surface area (Å²) in [6, 6.07) is 8.14. The fraction of sp³-hybridized carbons (Fsp3) is 0.462. The minimum atomic E-state index is 0.200. The molecule has 1 amide bonds. The van der Waals surface area contributed by atoms with Crippen LogP contribution < -0.4 is 0 Å². The number of halogens is 1. The molecule has 16 heavy (non-hydrogen) atoms. The smallest absolute Gasteiger partial charge is 0.227 e. The van der Waals surface area contributed by atoms with Crippen LogP contribution in [0.2, 0.25) is 0 Å². The maximum absolute atomic E-state index is 11.9. The highest BCUT2D eigenvalue weighted by atomic mass is 79.9. The summed E-state index contributed by atoms with van der Waals surface area (Å²) in [6.45, 7) is 5.61. The summed E-state index contributed by atoms with van der Waals surface area (Å²) in [5.74, 6) is 0.200. The van der Waals surface area contributed by atoms with Gasteiger partial charge in [0.2, 0.25) is 5.91 Å². The van der Waals surface area contributed by atoms with Gasteiger partial charge in [-0.1, -0.05) is 45.8 Å². The molecule has 0 aromatic heterocycles. The van der Waals surface area contributed by atoms with E-state index in [-0.39, 0.29) is 5.91 Å². The van der Waals surface area contributed by atoms with Crippen LogP contribution in [0.4, 0.5) is 0 Å². The lowest BCUT2D eigenvalue weighted by Gasteiger charge is -2.19. The number of carbonyl (C=O) groups excluding carboxylic acids is 1. The molecule has 1 rings (SSSR count). The van der Waals surface area contributed by atoms with Gasteiger partial charge < -0.3 is 4.90 Å². The van der Waals surface area contributed by atoms with Gasteiger partial charge in [-0.15, -0.1) is 0 Å². The van der Waals surface area contributed by atoms with Crippen LogP contribution in [0.25, 0.3) is 0 Å². The van der Waals surface area contributed by atoms with Crippen molar-refractivity contribution in [3.8, 4) is 0 Å². The van der Waals surface area contributed by atoms with Crippen molar-refractivity contribution < 1.29 is 4.79 Å². The van der Waals surface area contributed by atoms with Crippen LogP contribution in [0.5, 0.6) is 0 Å². The Labute approximate surface area is 106 Å². The van der Waals surface area contributed by atoms with Gasteiger partial charge in [0, 0.05) is 18.4 Å². The van der Waals surface area contributed by atoms with E-state index in [1.54, 1.807) is 0 Å². The second-order valence-corrected chi connectivity index (χ2v) is 4.62. The van der Waals surface area contributed by atoms with Crippen LogP contribution >= 0.6 is 15.9 Å². The lowest BCUT2D eigenvalue weighted by Crippen LogP contribution is -2.33. The number of aryl methyl sites for hydroxylation is 1. The first-order valence-electron chi connectivity index (χ1n) is 5.56. The number of alkyl halides is 1. The van der Waals surface area contributed by atoms with Gasteiger partial charge in [0.25, 0.3) is 0 Å². The monoisotopic (exact) mass is 283 g/mol. The Morgan fingerprint density at radius 2 is 1.94 bits per heavy atom. The molecule has 0 aliphatic carbocycles. The third-order valence-corrected chi connectivity index (χ3v) is 2.92. The van der Waals surface area contributed by atoms with E-state index in [1.165, 1.54) is 5.56 Å². The summed E-state index contributed by atoms with van der Waals surface area (Å²) >= 11 is 3.36. The molecule has 2 nitrogen and oxygen atoms in total. The fourth-order valence-electron chi connectivity index (χ4n) is 1.55. The molecule has 1 aromatic carbocycles. The number of nitrogens with zero attached hydrogens (tertiary/aromatic N) is 1. The van der Waals surface area contributed by atoms with Crippen LogP contribution in [0.3, 0.4) is 0 Å². The summed E-state index contributed by atoms with van der Waals surface area (Å²) < 4.78 is 0. The van der Waals surface area contributed by atoms with Crippen molar-refractivity contribution in [1.82, 2.24) is 4.90 Å². The zero-order valence-electron chi connectivity index (χ0n) is 9.87. The number of hydrogen-bond acceptors (Lipinski definition) is 1. The predicted molar refractivity (Wildman–Crippen MR) is 70.9 cm³/mol. The normalized spacial score (nSPS) is 10.2. The van der Waals surface area contributed by atoms with E-state index in [4.69, 9.17) is 0 Å². The lowest BCUT2D eigenvalue weighted by molar-refractivity contribution is -0.130. The maximum atomic E-state index is 11.9. The highest BCUT2D eigenvalue weighted by Crippen LogP contribution is 2.06. The zero-order valence-corrected chi connectivity index (χ0v) is 11.5. The number of likely N-dealkylation sites (N-methyl/N-ethyl adjacent to an activating group) is 1. The van der Waals surface area contributed by atoms with E-state index in [1.807, 2.05) is 36.1 Å². The highest BCUT2D eigenvalue weighted by molar-refractivity contribution is 9.09. The molecule has 0 unspecified atom stereocenters. The van der Waals surface area contributed by atoms with Crippen molar-refractivity contribution >= 4 is 21.8 Å². The first-order valence-corrected chi connectivity index (χ1v) is 6.68. The van der Waals surface area contributed by atoms with Crippen molar-refractivity contribution in [3.63, 3.8) is 0 Å². The van der Waals surface area contributed by atoms with Crippen molar-refractivity contribution in [2.75, 3.05) is 18.4 Å². The molecule has 0 saturated carbocycles. The third-order valence-electron chi connectivity index (χ3n) is 2.56. The molecule has 0 saturated heterocycles. The maximum Gasteiger partial charge on any atom is 0.227 e. The minimum Gasteiger partial charge on any atom is -0.342 e. The molecule has 0 fully saturated rings. The van der Waals surface area contributed by atoms with Gasteiger partial charge in [0.05, 0.1) is 6.42 Å². The Kier molecular flexibility index (Phi) is 5.53. The van der Waals surface area contributed by atoms with Crippen LogP contribution in [-0.2, 0) is 11.2 Å². The average molecular weight is 284 g/mol. The molecule has 1 aromatic rings. The summed E-state index contributed by atoms with van der Waals surface area (Å²) in [7, 11) is 0. The Bertz CT molecular complexity index is 334. The predicted octanol–water partition coefficient (Wildman–Crippen LogP) is 2.78. The topological polar surface area (TPSA) is 20.3 Å². The molecule has 0 spiro atoms. The average Bonchev–Trinajstić information content (AvgIpc) is 2.29. The third kappa shape index (κ3) is 3.97. The largest absolute Gasteiger partial charge is 0.342 e. The Balaban J connectivity index is 2.59. The number of carbonyl (C=O) groups is 1. The molecule has 0 atom stereocenters. The van der Waals surface area contributed by atoms with Gasteiger partial charge in [-0.05, 0) is 19.4 Å². The number of hydrogen-bond donors (Lipinski definition) is 0. The molecular weight excluding hydrogens is 266 g/mol. The van der Waals surface area contributed by atoms with Gasteiger partial charge in [-0.25, -0.2) is 0 Å². The van der Waals surface area contributed by atoms with Gasteiger partial charge >= 0.3 is 0 Å². The molecular formula is C13H18BrNO. The Morgan fingerprint density at radius 3 is 2.44 bits per heavy atom. The molecule has 0 radical (unpaired) electrons. The summed E-state index contributed by atoms with van der Waals surface area (Å²) in [6.07, 6.45) is 0.501. The van der Waals surface area contributed by atoms with Crippen LogP contribution in [0, 0.1) is 6.92 Å². The molecule has 0 aliphatic rings. The molecule has 0 heterocycles. The van der Waals surface area contributed by atoms with Crippen molar-refractivity contribution in [2.45, 2.75) is 20.3 Å².